The minimum Gasteiger partial charge on any atom is -0.391 e. The lowest BCUT2D eigenvalue weighted by Crippen LogP contribution is -2.52. The Kier molecular flexibility index (Phi) is 3.17. The summed E-state index contributed by atoms with van der Waals surface area (Å²) in [6, 6.07) is 0.474. The largest absolute Gasteiger partial charge is 0.391 e. The molecule has 6 unspecified atom stereocenters. The Morgan fingerprint density at radius 2 is 1.90 bits per heavy atom. The molecule has 0 aromatic rings. The number of urea groups is 1. The number of likely N-dealkylation sites (tertiary alicyclic amines) is 1. The van der Waals surface area contributed by atoms with Crippen LogP contribution in [0.1, 0.15) is 44.9 Å². The van der Waals surface area contributed by atoms with Crippen LogP contribution >= 0.6 is 0 Å². The van der Waals surface area contributed by atoms with E-state index in [2.05, 4.69) is 5.32 Å². The van der Waals surface area contributed by atoms with Crippen LogP contribution in [0.3, 0.4) is 0 Å². The number of carbonyl (C=O) groups excluding carboxylic acids is 1. The molecule has 4 nitrogen and oxygen atoms in total. The summed E-state index contributed by atoms with van der Waals surface area (Å²) in [6.45, 7) is 1.31. The average Bonchev–Trinajstić information content (AvgIpc) is 3.10. The first-order valence-corrected chi connectivity index (χ1v) is 8.46. The highest BCUT2D eigenvalue weighted by atomic mass is 16.3. The van der Waals surface area contributed by atoms with Crippen LogP contribution in [0.2, 0.25) is 0 Å². The van der Waals surface area contributed by atoms with Crippen molar-refractivity contribution in [3.05, 3.63) is 0 Å². The highest BCUT2D eigenvalue weighted by molar-refractivity contribution is 5.74. The van der Waals surface area contributed by atoms with Gasteiger partial charge in [0.15, 0.2) is 0 Å². The summed E-state index contributed by atoms with van der Waals surface area (Å²) < 4.78 is 0. The second kappa shape index (κ2) is 4.90. The molecule has 4 rings (SSSR count). The van der Waals surface area contributed by atoms with E-state index in [1.807, 2.05) is 4.90 Å². The molecule has 2 amide bonds. The topological polar surface area (TPSA) is 52.6 Å². The lowest BCUT2D eigenvalue weighted by atomic mass is 9.79. The monoisotopic (exact) mass is 278 g/mol. The van der Waals surface area contributed by atoms with Crippen LogP contribution in [0.25, 0.3) is 0 Å². The summed E-state index contributed by atoms with van der Waals surface area (Å²) in [7, 11) is 0. The van der Waals surface area contributed by atoms with Crippen molar-refractivity contribution in [1.82, 2.24) is 10.2 Å². The third-order valence-corrected chi connectivity index (χ3v) is 6.42. The quantitative estimate of drug-likeness (QED) is 0.770. The number of nitrogens with zero attached hydrogens (tertiary/aromatic N) is 1. The van der Waals surface area contributed by atoms with Crippen molar-refractivity contribution in [1.29, 1.82) is 0 Å². The maximum absolute atomic E-state index is 12.4. The van der Waals surface area contributed by atoms with Gasteiger partial charge in [0.05, 0.1) is 6.10 Å². The van der Waals surface area contributed by atoms with E-state index in [9.17, 15) is 9.90 Å². The summed E-state index contributed by atoms with van der Waals surface area (Å²) in [6.07, 6.45) is 8.22. The zero-order valence-corrected chi connectivity index (χ0v) is 12.1. The highest BCUT2D eigenvalue weighted by Gasteiger charge is 2.54. The van der Waals surface area contributed by atoms with E-state index in [1.54, 1.807) is 0 Å². The number of aliphatic hydroxyl groups excluding tert-OH is 1. The first-order chi connectivity index (χ1) is 9.72. The van der Waals surface area contributed by atoms with E-state index in [-0.39, 0.29) is 12.1 Å². The van der Waals surface area contributed by atoms with Gasteiger partial charge >= 0.3 is 6.03 Å². The number of hydrogen-bond donors (Lipinski definition) is 2. The minimum atomic E-state index is -0.325. The van der Waals surface area contributed by atoms with E-state index >= 15 is 0 Å². The molecule has 0 aromatic heterocycles. The Morgan fingerprint density at radius 3 is 2.75 bits per heavy atom. The first-order valence-electron chi connectivity index (χ1n) is 8.46. The third-order valence-electron chi connectivity index (χ3n) is 6.42. The van der Waals surface area contributed by atoms with Gasteiger partial charge in [0.25, 0.3) is 0 Å². The molecule has 1 heterocycles. The predicted octanol–water partition coefficient (Wildman–Crippen LogP) is 1.98. The highest BCUT2D eigenvalue weighted by Crippen LogP contribution is 2.58. The second-order valence-corrected chi connectivity index (χ2v) is 7.45. The van der Waals surface area contributed by atoms with E-state index in [0.29, 0.717) is 12.6 Å². The number of piperidine rings is 1. The molecular formula is C16H26N2O2. The number of aliphatic hydroxyl groups is 1. The zero-order valence-electron chi connectivity index (χ0n) is 12.1. The molecular weight excluding hydrogens is 252 g/mol. The summed E-state index contributed by atoms with van der Waals surface area (Å²) in [5, 5.41) is 13.0. The maximum Gasteiger partial charge on any atom is 0.317 e. The SMILES string of the molecule is O=C(NC1CC2CC1C1CCCC21)N1CCCC(O)C1. The molecule has 4 fully saturated rings. The Labute approximate surface area is 120 Å². The fourth-order valence-corrected chi connectivity index (χ4v) is 5.62. The van der Waals surface area contributed by atoms with Crippen molar-refractivity contribution in [3.63, 3.8) is 0 Å². The third kappa shape index (κ3) is 2.03. The molecule has 6 atom stereocenters. The van der Waals surface area contributed by atoms with Gasteiger partial charge < -0.3 is 15.3 Å². The number of rotatable bonds is 1. The molecule has 2 N–H and O–H groups in total. The van der Waals surface area contributed by atoms with Crippen molar-refractivity contribution < 1.29 is 9.90 Å². The van der Waals surface area contributed by atoms with Crippen molar-refractivity contribution in [2.45, 2.75) is 57.1 Å². The van der Waals surface area contributed by atoms with E-state index in [0.717, 1.165) is 43.1 Å². The van der Waals surface area contributed by atoms with Crippen LogP contribution < -0.4 is 5.32 Å². The summed E-state index contributed by atoms with van der Waals surface area (Å²) in [5.41, 5.74) is 0. The molecule has 0 aromatic carbocycles. The van der Waals surface area contributed by atoms with Crippen LogP contribution in [0.4, 0.5) is 4.79 Å². The van der Waals surface area contributed by atoms with Crippen molar-refractivity contribution >= 4 is 6.03 Å². The Bertz CT molecular complexity index is 400. The molecule has 20 heavy (non-hydrogen) atoms. The van der Waals surface area contributed by atoms with Gasteiger partial charge in [0.2, 0.25) is 0 Å². The molecule has 1 saturated heterocycles. The van der Waals surface area contributed by atoms with Crippen LogP contribution in [0, 0.1) is 23.7 Å². The first kappa shape index (κ1) is 12.9. The average molecular weight is 278 g/mol. The standard InChI is InChI=1S/C16H26N2O2/c19-11-3-2-6-18(9-11)16(20)17-15-8-10-7-14(15)13-5-1-4-12(10)13/h10-15,19H,1-9H2,(H,17,20). The van der Waals surface area contributed by atoms with Gasteiger partial charge in [-0.25, -0.2) is 4.79 Å². The summed E-state index contributed by atoms with van der Waals surface area (Å²) in [5.74, 6) is 3.49. The Balaban J connectivity index is 1.37. The summed E-state index contributed by atoms with van der Waals surface area (Å²) in [4.78, 5) is 14.2. The molecule has 0 spiro atoms. The zero-order chi connectivity index (χ0) is 13.7. The van der Waals surface area contributed by atoms with Crippen LogP contribution in [-0.2, 0) is 0 Å². The Hall–Kier alpha value is -0.770. The van der Waals surface area contributed by atoms with Gasteiger partial charge in [-0.3, -0.25) is 0 Å². The van der Waals surface area contributed by atoms with Gasteiger partial charge in [-0.1, -0.05) is 6.42 Å². The lowest BCUT2D eigenvalue weighted by molar-refractivity contribution is 0.0812. The molecule has 0 radical (unpaired) electrons. The molecule has 3 saturated carbocycles. The lowest BCUT2D eigenvalue weighted by Gasteiger charge is -2.35. The minimum absolute atomic E-state index is 0.0656. The Morgan fingerprint density at radius 1 is 1.05 bits per heavy atom. The van der Waals surface area contributed by atoms with Crippen LogP contribution in [-0.4, -0.2) is 41.3 Å². The van der Waals surface area contributed by atoms with Gasteiger partial charge in [0.1, 0.15) is 0 Å². The normalized spacial score (nSPS) is 46.5. The van der Waals surface area contributed by atoms with Crippen LogP contribution in [0.5, 0.6) is 0 Å². The maximum atomic E-state index is 12.4. The van der Waals surface area contributed by atoms with Gasteiger partial charge in [-0.05, 0) is 62.2 Å². The van der Waals surface area contributed by atoms with E-state index in [4.69, 9.17) is 0 Å². The van der Waals surface area contributed by atoms with Crippen molar-refractivity contribution in [2.75, 3.05) is 13.1 Å². The molecule has 2 bridgehead atoms. The predicted molar refractivity (Wildman–Crippen MR) is 76.2 cm³/mol. The van der Waals surface area contributed by atoms with Gasteiger partial charge in [-0.2, -0.15) is 0 Å². The van der Waals surface area contributed by atoms with Gasteiger partial charge in [0, 0.05) is 19.1 Å². The van der Waals surface area contributed by atoms with Gasteiger partial charge in [-0.15, -0.1) is 0 Å². The van der Waals surface area contributed by atoms with E-state index < -0.39 is 0 Å². The number of hydrogen-bond acceptors (Lipinski definition) is 2. The molecule has 1 aliphatic heterocycles. The number of nitrogens with one attached hydrogen (secondary N) is 1. The molecule has 112 valence electrons. The number of amides is 2. The number of carbonyl (C=O) groups is 1. The molecule has 3 aliphatic carbocycles. The summed E-state index contributed by atoms with van der Waals surface area (Å²) >= 11 is 0. The molecule has 4 heteroatoms. The van der Waals surface area contributed by atoms with E-state index in [1.165, 1.54) is 32.1 Å². The smallest absolute Gasteiger partial charge is 0.317 e. The van der Waals surface area contributed by atoms with Crippen LogP contribution in [0.15, 0.2) is 0 Å². The van der Waals surface area contributed by atoms with Crippen molar-refractivity contribution in [2.24, 2.45) is 23.7 Å². The fraction of sp³-hybridized carbons (Fsp3) is 0.938. The molecule has 4 aliphatic rings. The van der Waals surface area contributed by atoms with Crippen molar-refractivity contribution in [3.8, 4) is 0 Å². The fourth-order valence-electron chi connectivity index (χ4n) is 5.62. The second-order valence-electron chi connectivity index (χ2n) is 7.45. The number of fused-ring (bicyclic) bond motifs is 5. The number of β-amino-alcohol motifs (C(OH)–C–C–N with tert-alkyl or cyclic N) is 1.